The molecule has 5 N–H and O–H groups in total. The molecule has 0 saturated carbocycles. The number of carboxylic acids is 1. The van der Waals surface area contributed by atoms with Gasteiger partial charge in [0, 0.05) is 112 Å². The molecule has 2 atom stereocenters. The second-order valence-corrected chi connectivity index (χ2v) is 20.8. The number of aliphatic carboxylic acids is 1. The maximum absolute atomic E-state index is 12.4. The van der Waals surface area contributed by atoms with E-state index < -0.39 is 5.97 Å². The van der Waals surface area contributed by atoms with Crippen LogP contribution in [-0.2, 0) is 14.3 Å². The number of fused-ring (bicyclic) bond motifs is 2. The van der Waals surface area contributed by atoms with Crippen molar-refractivity contribution in [1.29, 1.82) is 0 Å². The number of piperidine rings is 2. The van der Waals surface area contributed by atoms with Crippen LogP contribution >= 0.6 is 22.7 Å². The smallest absolute Gasteiger partial charge is 0.553 e. The molecule has 10 rings (SSSR count). The number of anilines is 4. The number of esters is 1. The third-order valence-corrected chi connectivity index (χ3v) is 16.4. The average Bonchev–Trinajstić information content (AvgIpc) is 4.00. The van der Waals surface area contributed by atoms with Gasteiger partial charge in [0.2, 0.25) is 0 Å². The minimum Gasteiger partial charge on any atom is -0.553 e. The topological polar surface area (TPSA) is 238 Å². The van der Waals surface area contributed by atoms with E-state index in [0.717, 1.165) is 177 Å². The van der Waals surface area contributed by atoms with Crippen LogP contribution in [0.3, 0.4) is 0 Å². The fourth-order valence-electron chi connectivity index (χ4n) is 10.6. The van der Waals surface area contributed by atoms with Gasteiger partial charge in [-0.2, -0.15) is 0 Å². The molecule has 0 amide bonds. The SMILES string of the molecule is COC(=O)CC(c1csc(N2CCC(O)CC2)n1)N1CCCN(c2c(OC)ccc3cccnc23)CC1.COc1ccc2cccnc2c1N1CCCN(C(CC(=O)O)c2csc(N3CCC(O)CC3)n2)CC1.[NH-]O.[Na+]. The molecule has 4 fully saturated rings. The first-order chi connectivity index (χ1) is 36.6. The number of nitrogens with zero attached hydrogens (tertiary/aromatic N) is 10. The monoisotopic (exact) mass is 1090 g/mol. The Labute approximate surface area is 474 Å². The number of pyridine rings is 2. The molecule has 2 aromatic carbocycles. The van der Waals surface area contributed by atoms with Crippen LogP contribution in [0.4, 0.5) is 21.6 Å². The van der Waals surface area contributed by atoms with Gasteiger partial charge in [0.25, 0.3) is 0 Å². The number of aliphatic hydroxyl groups excluding tert-OH is 2. The molecule has 404 valence electrons. The van der Waals surface area contributed by atoms with Crippen LogP contribution in [0.25, 0.3) is 27.7 Å². The molecule has 4 saturated heterocycles. The number of nitrogens with one attached hydrogen (secondary N) is 1. The number of hydrogen-bond donors (Lipinski definition) is 4. The third kappa shape index (κ3) is 14.4. The largest absolute Gasteiger partial charge is 1.00 e. The number of carbonyl (C=O) groups excluding carboxylic acids is 1. The zero-order valence-electron chi connectivity index (χ0n) is 44.0. The van der Waals surface area contributed by atoms with E-state index in [9.17, 15) is 24.9 Å². The Morgan fingerprint density at radius 2 is 1.04 bits per heavy atom. The number of benzene rings is 2. The van der Waals surface area contributed by atoms with Gasteiger partial charge >= 0.3 is 41.5 Å². The number of methoxy groups -OCH3 is 3. The molecular formula is C53H70N11NaO9S2. The molecule has 76 heavy (non-hydrogen) atoms. The predicted octanol–water partition coefficient (Wildman–Crippen LogP) is 4.30. The summed E-state index contributed by atoms with van der Waals surface area (Å²) in [5.74, 6) is 5.31. The van der Waals surface area contributed by atoms with Gasteiger partial charge in [0.1, 0.15) is 22.9 Å². The van der Waals surface area contributed by atoms with Crippen LogP contribution in [0.1, 0.15) is 74.8 Å². The molecule has 0 radical (unpaired) electrons. The summed E-state index contributed by atoms with van der Waals surface area (Å²) in [5, 5.41) is 43.8. The first kappa shape index (κ1) is 58.7. The molecule has 20 nitrogen and oxygen atoms in total. The van der Waals surface area contributed by atoms with Gasteiger partial charge in [0.05, 0.1) is 80.9 Å². The summed E-state index contributed by atoms with van der Waals surface area (Å²) < 4.78 is 16.5. The van der Waals surface area contributed by atoms with E-state index in [4.69, 9.17) is 35.3 Å². The van der Waals surface area contributed by atoms with Crippen LogP contribution in [0, 0.1) is 0 Å². The Morgan fingerprint density at radius 3 is 1.45 bits per heavy atom. The Hall–Kier alpha value is -4.98. The van der Waals surface area contributed by atoms with Crippen LogP contribution in [0.5, 0.6) is 11.5 Å². The third-order valence-electron chi connectivity index (χ3n) is 14.6. The van der Waals surface area contributed by atoms with Gasteiger partial charge < -0.3 is 60.2 Å². The summed E-state index contributed by atoms with van der Waals surface area (Å²) in [6.07, 6.45) is 8.27. The van der Waals surface area contributed by atoms with Gasteiger partial charge in [-0.1, -0.05) is 12.1 Å². The van der Waals surface area contributed by atoms with Crippen molar-refractivity contribution >= 4 is 78.1 Å². The van der Waals surface area contributed by atoms with Gasteiger partial charge in [0.15, 0.2) is 10.3 Å². The number of aromatic nitrogens is 4. The van der Waals surface area contributed by atoms with E-state index in [2.05, 4.69) is 56.9 Å². The minimum absolute atomic E-state index is 0. The van der Waals surface area contributed by atoms with Crippen molar-refractivity contribution in [1.82, 2.24) is 29.7 Å². The van der Waals surface area contributed by atoms with E-state index in [0.29, 0.717) is 6.54 Å². The van der Waals surface area contributed by atoms with E-state index in [1.54, 1.807) is 43.1 Å². The number of thiazole rings is 2. The van der Waals surface area contributed by atoms with Crippen molar-refractivity contribution in [3.63, 3.8) is 0 Å². The number of ether oxygens (including phenoxy) is 3. The van der Waals surface area contributed by atoms with Crippen LogP contribution in [-0.4, -0.2) is 174 Å². The van der Waals surface area contributed by atoms with Crippen molar-refractivity contribution < 1.29 is 73.9 Å². The second-order valence-electron chi connectivity index (χ2n) is 19.1. The van der Waals surface area contributed by atoms with Gasteiger partial charge in [-0.25, -0.2) is 9.97 Å². The fourth-order valence-corrected chi connectivity index (χ4v) is 12.5. The van der Waals surface area contributed by atoms with Gasteiger partial charge in [-0.3, -0.25) is 29.4 Å². The van der Waals surface area contributed by atoms with Crippen molar-refractivity contribution in [2.75, 3.05) is 119 Å². The molecule has 4 aliphatic heterocycles. The molecule has 6 aromatic rings. The first-order valence-corrected chi connectivity index (χ1v) is 27.5. The fraction of sp³-hybridized carbons (Fsp3) is 0.509. The van der Waals surface area contributed by atoms with Crippen molar-refractivity contribution in [3.05, 3.63) is 89.0 Å². The maximum Gasteiger partial charge on any atom is 1.00 e. The molecule has 4 aliphatic rings. The summed E-state index contributed by atoms with van der Waals surface area (Å²) in [7, 11) is 4.82. The Balaban J connectivity index is 0.000000212. The zero-order valence-corrected chi connectivity index (χ0v) is 47.6. The Morgan fingerprint density at radius 1 is 0.605 bits per heavy atom. The van der Waals surface area contributed by atoms with Gasteiger partial charge in [-0.05, 0) is 74.9 Å². The molecule has 0 aliphatic carbocycles. The van der Waals surface area contributed by atoms with Crippen molar-refractivity contribution in [2.24, 2.45) is 0 Å². The Bertz CT molecular complexity index is 2800. The number of carbonyl (C=O) groups is 2. The summed E-state index contributed by atoms with van der Waals surface area (Å²) >= 11 is 3.18. The van der Waals surface area contributed by atoms with Crippen LogP contribution < -0.4 is 58.6 Å². The van der Waals surface area contributed by atoms with Crippen LogP contribution in [0.15, 0.2) is 71.7 Å². The quantitative estimate of drug-likeness (QED) is 0.0676. The molecule has 0 spiro atoms. The van der Waals surface area contributed by atoms with E-state index in [1.165, 1.54) is 7.11 Å². The standard InChI is InChI=1S/C27H35N5O4S.C26H33N5O4S.H2NO.Na/c1-35-23-7-6-19-5-3-10-28-25(19)26(23)31-12-4-11-30(15-16-31)22(17-24(34)36-2)21-18-37-27(29-21)32-13-8-20(33)9-14-32;1-35-22-6-5-18-4-2-9-27-24(18)25(22)30-11-3-10-29(14-15-30)21(16-23(33)34)20-17-36-26(28-20)31-12-7-19(32)8-13-31;1-2;/h3,5-7,10,18,20,22,33H,4,8-9,11-17H2,1-2H3;2,4-6,9,17,19,21,32H,3,7-8,10-16H2,1H3,(H,33,34);1-2H;/q;;-1;+1. The maximum atomic E-state index is 12.4. The van der Waals surface area contributed by atoms with E-state index >= 15 is 0 Å². The molecular weight excluding hydrogens is 1020 g/mol. The van der Waals surface area contributed by atoms with Crippen LogP contribution in [0.2, 0.25) is 0 Å². The number of rotatable bonds is 14. The summed E-state index contributed by atoms with van der Waals surface area (Å²) in [4.78, 5) is 57.2. The number of hydrogen-bond acceptors (Lipinski definition) is 20. The second kappa shape index (κ2) is 28.6. The molecule has 0 bridgehead atoms. The van der Waals surface area contributed by atoms with E-state index in [-0.39, 0.29) is 72.7 Å². The van der Waals surface area contributed by atoms with Gasteiger partial charge in [-0.15, -0.1) is 22.7 Å². The zero-order chi connectivity index (χ0) is 52.8. The molecule has 8 heterocycles. The Kier molecular flexibility index (Phi) is 22.1. The average molecular weight is 1090 g/mol. The van der Waals surface area contributed by atoms with Crippen molar-refractivity contribution in [2.45, 2.75) is 75.7 Å². The predicted molar refractivity (Wildman–Crippen MR) is 293 cm³/mol. The normalized spacial score (nSPS) is 18.0. The first-order valence-electron chi connectivity index (χ1n) is 25.7. The van der Waals surface area contributed by atoms with E-state index in [1.807, 2.05) is 48.0 Å². The summed E-state index contributed by atoms with van der Waals surface area (Å²) in [6.45, 7) is 9.50. The molecule has 4 aromatic heterocycles. The molecule has 2 unspecified atom stereocenters. The minimum atomic E-state index is -0.823. The summed E-state index contributed by atoms with van der Waals surface area (Å²) in [6, 6.07) is 15.7. The number of aliphatic hydroxyl groups is 2. The molecule has 23 heteroatoms. The van der Waals surface area contributed by atoms with Crippen molar-refractivity contribution in [3.8, 4) is 11.5 Å². The summed E-state index contributed by atoms with van der Waals surface area (Å²) in [5.41, 5.74) is 5.61. The number of carboxylic acid groups (broad SMARTS) is 1.